The normalized spacial score (nSPS) is 15.0. The molecule has 3 heterocycles. The van der Waals surface area contributed by atoms with Gasteiger partial charge in [-0.3, -0.25) is 9.69 Å². The number of carbonyl (C=O) groups excluding carboxylic acids is 1. The summed E-state index contributed by atoms with van der Waals surface area (Å²) in [5.41, 5.74) is 1.73. The molecule has 0 saturated carbocycles. The van der Waals surface area contributed by atoms with E-state index in [4.69, 9.17) is 16.1 Å². The largest absolute Gasteiger partial charge is 0.360 e. The van der Waals surface area contributed by atoms with Crippen molar-refractivity contribution in [2.75, 3.05) is 32.7 Å². The lowest BCUT2D eigenvalue weighted by atomic mass is 10.0. The Kier molecular flexibility index (Phi) is 6.20. The van der Waals surface area contributed by atoms with Crippen LogP contribution in [0, 0.1) is 6.92 Å². The summed E-state index contributed by atoms with van der Waals surface area (Å²) in [6.45, 7) is 8.79. The molecule has 0 radical (unpaired) electrons. The van der Waals surface area contributed by atoms with Crippen LogP contribution in [0.4, 0.5) is 0 Å². The number of aryl methyl sites for hydroxylation is 2. The number of rotatable bonds is 6. The highest BCUT2D eigenvalue weighted by Crippen LogP contribution is 2.31. The average Bonchev–Trinajstić information content (AvgIpc) is 3.38. The summed E-state index contributed by atoms with van der Waals surface area (Å²) in [7, 11) is 0. The number of carbonyl (C=O) groups is 1. The SMILES string of the molecule is CCc1nccn1CCN1CCN(C(=O)c2c(-c3ccccc3Cl)noc2C)CC1. The van der Waals surface area contributed by atoms with Crippen molar-refractivity contribution in [1.82, 2.24) is 24.5 Å². The van der Waals surface area contributed by atoms with Crippen LogP contribution in [0.1, 0.15) is 28.9 Å². The van der Waals surface area contributed by atoms with Crippen molar-refractivity contribution in [3.05, 3.63) is 58.8 Å². The first-order chi connectivity index (χ1) is 14.6. The summed E-state index contributed by atoms with van der Waals surface area (Å²) >= 11 is 6.33. The third kappa shape index (κ3) is 4.13. The van der Waals surface area contributed by atoms with E-state index in [0.717, 1.165) is 38.4 Å². The number of aromatic nitrogens is 3. The first-order valence-corrected chi connectivity index (χ1v) is 10.7. The molecular weight excluding hydrogens is 402 g/mol. The molecule has 8 heteroatoms. The van der Waals surface area contributed by atoms with Gasteiger partial charge in [0.15, 0.2) is 0 Å². The van der Waals surface area contributed by atoms with Gasteiger partial charge in [0.25, 0.3) is 5.91 Å². The summed E-state index contributed by atoms with van der Waals surface area (Å²) in [6.07, 6.45) is 4.82. The molecule has 1 aromatic carbocycles. The Balaban J connectivity index is 1.41. The van der Waals surface area contributed by atoms with Crippen LogP contribution in [-0.2, 0) is 13.0 Å². The minimum absolute atomic E-state index is 0.0498. The maximum atomic E-state index is 13.3. The molecule has 1 fully saturated rings. The van der Waals surface area contributed by atoms with Gasteiger partial charge in [0.05, 0.1) is 5.02 Å². The number of nitrogens with zero attached hydrogens (tertiary/aromatic N) is 5. The number of halogens is 1. The third-order valence-electron chi connectivity index (χ3n) is 5.64. The second-order valence-electron chi connectivity index (χ2n) is 7.47. The number of hydrogen-bond donors (Lipinski definition) is 0. The average molecular weight is 428 g/mol. The lowest BCUT2D eigenvalue weighted by Crippen LogP contribution is -2.49. The van der Waals surface area contributed by atoms with Crippen molar-refractivity contribution in [2.45, 2.75) is 26.8 Å². The fraction of sp³-hybridized carbons (Fsp3) is 0.409. The Labute approximate surface area is 181 Å². The molecule has 0 N–H and O–H groups in total. The fourth-order valence-electron chi connectivity index (χ4n) is 3.90. The van der Waals surface area contributed by atoms with E-state index in [1.54, 1.807) is 13.0 Å². The zero-order valence-corrected chi connectivity index (χ0v) is 18.1. The molecule has 7 nitrogen and oxygen atoms in total. The lowest BCUT2D eigenvalue weighted by Gasteiger charge is -2.34. The zero-order chi connectivity index (χ0) is 21.1. The molecule has 158 valence electrons. The summed E-state index contributed by atoms with van der Waals surface area (Å²) in [4.78, 5) is 21.9. The minimum Gasteiger partial charge on any atom is -0.360 e. The van der Waals surface area contributed by atoms with Crippen LogP contribution < -0.4 is 0 Å². The van der Waals surface area contributed by atoms with Gasteiger partial charge in [-0.2, -0.15) is 0 Å². The quantitative estimate of drug-likeness (QED) is 0.602. The van der Waals surface area contributed by atoms with Gasteiger partial charge in [0.2, 0.25) is 0 Å². The number of imidazole rings is 1. The Bertz CT molecular complexity index is 1020. The minimum atomic E-state index is -0.0498. The van der Waals surface area contributed by atoms with E-state index in [1.165, 1.54) is 0 Å². The number of piperazine rings is 1. The predicted octanol–water partition coefficient (Wildman–Crippen LogP) is 3.52. The monoisotopic (exact) mass is 427 g/mol. The van der Waals surface area contributed by atoms with Crippen molar-refractivity contribution < 1.29 is 9.32 Å². The van der Waals surface area contributed by atoms with Gasteiger partial charge in [0, 0.05) is 63.6 Å². The molecule has 0 unspecified atom stereocenters. The molecule has 0 bridgehead atoms. The van der Waals surface area contributed by atoms with Crippen LogP contribution in [0.2, 0.25) is 5.02 Å². The second kappa shape index (κ2) is 9.02. The van der Waals surface area contributed by atoms with Crippen LogP contribution in [0.15, 0.2) is 41.2 Å². The van der Waals surface area contributed by atoms with Gasteiger partial charge in [-0.1, -0.05) is 41.9 Å². The van der Waals surface area contributed by atoms with E-state index in [2.05, 4.69) is 26.5 Å². The van der Waals surface area contributed by atoms with Gasteiger partial charge in [-0.25, -0.2) is 4.98 Å². The Morgan fingerprint density at radius 2 is 1.93 bits per heavy atom. The zero-order valence-electron chi connectivity index (χ0n) is 17.3. The Morgan fingerprint density at radius 3 is 2.67 bits per heavy atom. The van der Waals surface area contributed by atoms with Crippen molar-refractivity contribution in [3.63, 3.8) is 0 Å². The van der Waals surface area contributed by atoms with E-state index >= 15 is 0 Å². The Morgan fingerprint density at radius 1 is 1.17 bits per heavy atom. The topological polar surface area (TPSA) is 67.4 Å². The smallest absolute Gasteiger partial charge is 0.259 e. The highest BCUT2D eigenvalue weighted by molar-refractivity contribution is 6.33. The van der Waals surface area contributed by atoms with E-state index in [9.17, 15) is 4.79 Å². The van der Waals surface area contributed by atoms with Crippen LogP contribution in [0.3, 0.4) is 0 Å². The predicted molar refractivity (Wildman–Crippen MR) is 116 cm³/mol. The van der Waals surface area contributed by atoms with Crippen LogP contribution in [0.25, 0.3) is 11.3 Å². The van der Waals surface area contributed by atoms with Crippen LogP contribution in [0.5, 0.6) is 0 Å². The molecule has 1 aliphatic heterocycles. The van der Waals surface area contributed by atoms with Gasteiger partial charge >= 0.3 is 0 Å². The van der Waals surface area contributed by atoms with Crippen LogP contribution >= 0.6 is 11.6 Å². The van der Waals surface area contributed by atoms with Gasteiger partial charge in [0.1, 0.15) is 22.8 Å². The molecule has 3 aromatic rings. The number of amides is 1. The maximum Gasteiger partial charge on any atom is 0.259 e. The first kappa shape index (κ1) is 20.6. The van der Waals surface area contributed by atoms with E-state index < -0.39 is 0 Å². The Hall–Kier alpha value is -2.64. The standard InChI is InChI=1S/C22H26ClN5O2/c1-3-19-24-8-9-27(19)13-10-26-11-14-28(15-12-26)22(29)20-16(2)30-25-21(20)17-6-4-5-7-18(17)23/h4-9H,3,10-15H2,1-2H3. The molecule has 0 aliphatic carbocycles. The van der Waals surface area contributed by atoms with Gasteiger partial charge in [-0.05, 0) is 13.0 Å². The number of benzene rings is 1. The molecule has 0 spiro atoms. The molecular formula is C22H26ClN5O2. The van der Waals surface area contributed by atoms with E-state index in [-0.39, 0.29) is 5.91 Å². The fourth-order valence-corrected chi connectivity index (χ4v) is 4.13. The maximum absolute atomic E-state index is 13.3. The van der Waals surface area contributed by atoms with Gasteiger partial charge < -0.3 is 14.0 Å². The van der Waals surface area contributed by atoms with Crippen LogP contribution in [-0.4, -0.2) is 63.1 Å². The highest BCUT2D eigenvalue weighted by Gasteiger charge is 2.29. The van der Waals surface area contributed by atoms with Crippen molar-refractivity contribution in [3.8, 4) is 11.3 Å². The highest BCUT2D eigenvalue weighted by atomic mass is 35.5. The number of hydrogen-bond acceptors (Lipinski definition) is 5. The van der Waals surface area contributed by atoms with Gasteiger partial charge in [-0.15, -0.1) is 0 Å². The lowest BCUT2D eigenvalue weighted by molar-refractivity contribution is 0.0632. The molecule has 1 saturated heterocycles. The molecule has 0 atom stereocenters. The third-order valence-corrected chi connectivity index (χ3v) is 5.97. The first-order valence-electron chi connectivity index (χ1n) is 10.3. The second-order valence-corrected chi connectivity index (χ2v) is 7.87. The summed E-state index contributed by atoms with van der Waals surface area (Å²) in [5.74, 6) is 1.58. The summed E-state index contributed by atoms with van der Waals surface area (Å²) in [6, 6.07) is 7.38. The molecule has 2 aromatic heterocycles. The molecule has 1 aliphatic rings. The van der Waals surface area contributed by atoms with Crippen molar-refractivity contribution >= 4 is 17.5 Å². The molecule has 1 amide bonds. The molecule has 4 rings (SSSR count). The van der Waals surface area contributed by atoms with E-state index in [1.807, 2.05) is 35.5 Å². The van der Waals surface area contributed by atoms with E-state index in [0.29, 0.717) is 40.7 Å². The summed E-state index contributed by atoms with van der Waals surface area (Å²) in [5, 5.41) is 4.68. The molecule has 30 heavy (non-hydrogen) atoms. The summed E-state index contributed by atoms with van der Waals surface area (Å²) < 4.78 is 7.57. The van der Waals surface area contributed by atoms with Crippen molar-refractivity contribution in [2.24, 2.45) is 0 Å². The van der Waals surface area contributed by atoms with Crippen molar-refractivity contribution in [1.29, 1.82) is 0 Å².